The number of nitrogens with zero attached hydrogens (tertiary/aromatic N) is 1. The summed E-state index contributed by atoms with van der Waals surface area (Å²) in [6, 6.07) is 10.7. The van der Waals surface area contributed by atoms with E-state index in [1.807, 2.05) is 12.1 Å². The summed E-state index contributed by atoms with van der Waals surface area (Å²) in [6.45, 7) is 2.93. The normalized spacial score (nSPS) is 15.4. The van der Waals surface area contributed by atoms with Gasteiger partial charge in [-0.05, 0) is 67.7 Å². The Balaban J connectivity index is 1.61. The van der Waals surface area contributed by atoms with Crippen molar-refractivity contribution in [3.8, 4) is 0 Å². The number of carbonyl (C=O) groups excluding carboxylic acids is 2. The van der Waals surface area contributed by atoms with E-state index in [4.69, 9.17) is 5.73 Å². The molecule has 1 saturated heterocycles. The van der Waals surface area contributed by atoms with E-state index in [1.54, 1.807) is 12.1 Å². The number of aliphatic hydroxyl groups is 1. The van der Waals surface area contributed by atoms with Gasteiger partial charge < -0.3 is 16.2 Å². The second kappa shape index (κ2) is 8.95. The summed E-state index contributed by atoms with van der Waals surface area (Å²) in [5.74, 6) is -1.39. The third-order valence-electron chi connectivity index (χ3n) is 5.09. The largest absolute Gasteiger partial charge is 0.396 e. The average Bonchev–Trinajstić information content (AvgIpc) is 2.70. The van der Waals surface area contributed by atoms with E-state index >= 15 is 0 Å². The van der Waals surface area contributed by atoms with Crippen LogP contribution in [0.25, 0.3) is 0 Å². The molecule has 148 valence electrons. The molecule has 1 heterocycles. The van der Waals surface area contributed by atoms with E-state index in [9.17, 15) is 19.1 Å². The highest BCUT2D eigenvalue weighted by atomic mass is 19.1. The number of piperidine rings is 1. The quantitative estimate of drug-likeness (QED) is 0.711. The molecular weight excluding hydrogens is 361 g/mol. The molecule has 0 bridgehead atoms. The number of hydrogen-bond acceptors (Lipinski definition) is 4. The van der Waals surface area contributed by atoms with Crippen molar-refractivity contribution >= 4 is 17.5 Å². The molecule has 1 aliphatic heterocycles. The number of benzene rings is 2. The molecule has 1 fully saturated rings. The van der Waals surface area contributed by atoms with Gasteiger partial charge in [0, 0.05) is 24.3 Å². The number of likely N-dealkylation sites (tertiary alicyclic amines) is 1. The molecular formula is C21H24FN3O3. The zero-order valence-electron chi connectivity index (χ0n) is 15.5. The minimum absolute atomic E-state index is 0.0860. The van der Waals surface area contributed by atoms with Crippen molar-refractivity contribution in [2.75, 3.05) is 25.0 Å². The van der Waals surface area contributed by atoms with Crippen LogP contribution in [0.4, 0.5) is 10.1 Å². The van der Waals surface area contributed by atoms with Crippen LogP contribution >= 0.6 is 0 Å². The van der Waals surface area contributed by atoms with Gasteiger partial charge in [-0.25, -0.2) is 4.39 Å². The van der Waals surface area contributed by atoms with Crippen molar-refractivity contribution in [1.29, 1.82) is 0 Å². The summed E-state index contributed by atoms with van der Waals surface area (Å²) in [7, 11) is 0. The van der Waals surface area contributed by atoms with Crippen LogP contribution in [0.3, 0.4) is 0 Å². The Labute approximate surface area is 163 Å². The van der Waals surface area contributed by atoms with Crippen LogP contribution in [0.5, 0.6) is 0 Å². The Kier molecular flexibility index (Phi) is 6.38. The van der Waals surface area contributed by atoms with Gasteiger partial charge in [-0.15, -0.1) is 0 Å². The monoisotopic (exact) mass is 385 g/mol. The number of rotatable bonds is 6. The second-order valence-corrected chi connectivity index (χ2v) is 7.11. The van der Waals surface area contributed by atoms with Crippen LogP contribution in [0.1, 0.15) is 39.1 Å². The Morgan fingerprint density at radius 1 is 1.11 bits per heavy atom. The van der Waals surface area contributed by atoms with Crippen LogP contribution in [0.15, 0.2) is 42.5 Å². The zero-order valence-corrected chi connectivity index (χ0v) is 15.5. The van der Waals surface area contributed by atoms with Crippen LogP contribution in [0.2, 0.25) is 0 Å². The fraction of sp³-hybridized carbons (Fsp3) is 0.333. The number of nitrogens with one attached hydrogen (secondary N) is 1. The third-order valence-corrected chi connectivity index (χ3v) is 5.09. The van der Waals surface area contributed by atoms with E-state index in [-0.39, 0.29) is 17.9 Å². The minimum Gasteiger partial charge on any atom is -0.396 e. The van der Waals surface area contributed by atoms with Gasteiger partial charge >= 0.3 is 0 Å². The molecule has 0 unspecified atom stereocenters. The van der Waals surface area contributed by atoms with Gasteiger partial charge in [0.1, 0.15) is 5.82 Å². The second-order valence-electron chi connectivity index (χ2n) is 7.11. The summed E-state index contributed by atoms with van der Waals surface area (Å²) in [6.07, 6.45) is 1.99. The maximum atomic E-state index is 13.9. The Bertz CT molecular complexity index is 846. The summed E-state index contributed by atoms with van der Waals surface area (Å²) in [5, 5.41) is 11.7. The molecule has 0 spiro atoms. The van der Waals surface area contributed by atoms with Crippen LogP contribution in [0, 0.1) is 11.7 Å². The van der Waals surface area contributed by atoms with Crippen LogP contribution < -0.4 is 11.1 Å². The summed E-state index contributed by atoms with van der Waals surface area (Å²) in [4.78, 5) is 25.9. The molecule has 3 rings (SSSR count). The Hall–Kier alpha value is -2.77. The minimum atomic E-state index is -0.692. The van der Waals surface area contributed by atoms with Gasteiger partial charge in [0.2, 0.25) is 5.91 Å². The molecule has 0 atom stereocenters. The fourth-order valence-electron chi connectivity index (χ4n) is 3.32. The van der Waals surface area contributed by atoms with Gasteiger partial charge in [0.25, 0.3) is 5.91 Å². The molecule has 4 N–H and O–H groups in total. The standard InChI is InChI=1S/C21H24FN3O3/c22-18-6-5-17(20(23)27)11-19(18)24-21(28)16-3-1-14(2-4-16)12-25-9-7-15(13-26)8-10-25/h1-6,11,15,26H,7-10,12-13H2,(H2,23,27)(H,24,28). The van der Waals surface area contributed by atoms with E-state index in [0.29, 0.717) is 11.5 Å². The highest BCUT2D eigenvalue weighted by Crippen LogP contribution is 2.20. The number of nitrogens with two attached hydrogens (primary N) is 1. The van der Waals surface area contributed by atoms with Gasteiger partial charge in [0.05, 0.1) is 5.69 Å². The molecule has 0 aromatic heterocycles. The number of anilines is 1. The van der Waals surface area contributed by atoms with E-state index in [1.165, 1.54) is 12.1 Å². The van der Waals surface area contributed by atoms with Crippen molar-refractivity contribution in [2.45, 2.75) is 19.4 Å². The molecule has 1 aliphatic rings. The topological polar surface area (TPSA) is 95.7 Å². The first-order valence-electron chi connectivity index (χ1n) is 9.29. The molecule has 0 aliphatic carbocycles. The van der Waals surface area contributed by atoms with Crippen molar-refractivity contribution in [3.63, 3.8) is 0 Å². The van der Waals surface area contributed by atoms with Crippen molar-refractivity contribution < 1.29 is 19.1 Å². The first-order chi connectivity index (χ1) is 13.5. The molecule has 2 aromatic rings. The van der Waals surface area contributed by atoms with Gasteiger partial charge in [-0.2, -0.15) is 0 Å². The molecule has 6 nitrogen and oxygen atoms in total. The lowest BCUT2D eigenvalue weighted by Crippen LogP contribution is -2.34. The summed E-state index contributed by atoms with van der Waals surface area (Å²) < 4.78 is 13.9. The van der Waals surface area contributed by atoms with Gasteiger partial charge in [-0.3, -0.25) is 14.5 Å². The number of hydrogen-bond donors (Lipinski definition) is 3. The summed E-state index contributed by atoms with van der Waals surface area (Å²) >= 11 is 0. The average molecular weight is 385 g/mol. The number of aliphatic hydroxyl groups excluding tert-OH is 1. The van der Waals surface area contributed by atoms with Crippen molar-refractivity contribution in [2.24, 2.45) is 11.7 Å². The number of amides is 2. The number of halogens is 1. The molecule has 2 amide bonds. The van der Waals surface area contributed by atoms with Crippen molar-refractivity contribution in [3.05, 3.63) is 65.0 Å². The maximum absolute atomic E-state index is 13.9. The van der Waals surface area contributed by atoms with Crippen LogP contribution in [-0.2, 0) is 6.54 Å². The lowest BCUT2D eigenvalue weighted by Gasteiger charge is -2.31. The van der Waals surface area contributed by atoms with Crippen LogP contribution in [-0.4, -0.2) is 41.5 Å². The number of primary amides is 1. The molecule has 0 radical (unpaired) electrons. The maximum Gasteiger partial charge on any atom is 0.255 e. The lowest BCUT2D eigenvalue weighted by molar-refractivity contribution is 0.0996. The number of carbonyl (C=O) groups is 2. The third kappa shape index (κ3) is 4.94. The SMILES string of the molecule is NC(=O)c1ccc(F)c(NC(=O)c2ccc(CN3CCC(CO)CC3)cc2)c1. The predicted molar refractivity (Wildman–Crippen MR) is 104 cm³/mol. The molecule has 0 saturated carbocycles. The Morgan fingerprint density at radius 3 is 2.36 bits per heavy atom. The van der Waals surface area contributed by atoms with Crippen molar-refractivity contribution in [1.82, 2.24) is 4.90 Å². The predicted octanol–water partition coefficient (Wildman–Crippen LogP) is 2.38. The molecule has 2 aromatic carbocycles. The first kappa shape index (κ1) is 20.0. The van der Waals surface area contributed by atoms with Gasteiger partial charge in [0.15, 0.2) is 0 Å². The fourth-order valence-corrected chi connectivity index (χ4v) is 3.32. The smallest absolute Gasteiger partial charge is 0.255 e. The van der Waals surface area contributed by atoms with E-state index in [0.717, 1.165) is 44.1 Å². The highest BCUT2D eigenvalue weighted by molar-refractivity contribution is 6.05. The Morgan fingerprint density at radius 2 is 1.75 bits per heavy atom. The summed E-state index contributed by atoms with van der Waals surface area (Å²) in [5.41, 5.74) is 6.71. The van der Waals surface area contributed by atoms with E-state index in [2.05, 4.69) is 10.2 Å². The zero-order chi connectivity index (χ0) is 20.1. The highest BCUT2D eigenvalue weighted by Gasteiger charge is 2.18. The molecule has 7 heteroatoms. The van der Waals surface area contributed by atoms with E-state index < -0.39 is 17.6 Å². The first-order valence-corrected chi connectivity index (χ1v) is 9.29. The lowest BCUT2D eigenvalue weighted by atomic mass is 9.97. The molecule has 28 heavy (non-hydrogen) atoms. The van der Waals surface area contributed by atoms with Gasteiger partial charge in [-0.1, -0.05) is 12.1 Å².